The van der Waals surface area contributed by atoms with E-state index in [0.717, 1.165) is 37.5 Å². The van der Waals surface area contributed by atoms with Gasteiger partial charge in [0, 0.05) is 17.4 Å². The molecule has 0 spiro atoms. The van der Waals surface area contributed by atoms with Gasteiger partial charge in [0.2, 0.25) is 0 Å². The summed E-state index contributed by atoms with van der Waals surface area (Å²) in [7, 11) is 0. The molecule has 0 saturated heterocycles. The van der Waals surface area contributed by atoms with Crippen molar-refractivity contribution in [3.63, 3.8) is 0 Å². The highest BCUT2D eigenvalue weighted by Gasteiger charge is 2.23. The third kappa shape index (κ3) is 5.76. The standard InChI is InChI=1S/C26H20N2O2S.C3H8O/c27-15-22(19-12-10-18(11-13-19)17-6-2-1-3-7-17)25-28-23(16-31-25)21-14-20-8-4-5-9-24(20)30-26(21)29;1-2-3-4/h1-9,14,16,18H,10-13H2;4H,2-3H2,1H3. The quantitative estimate of drug-likeness (QED) is 0.250. The van der Waals surface area contributed by atoms with Crippen molar-refractivity contribution in [3.05, 3.63) is 92.6 Å². The van der Waals surface area contributed by atoms with Gasteiger partial charge in [-0.1, -0.05) is 55.5 Å². The van der Waals surface area contributed by atoms with Crippen molar-refractivity contribution in [3.8, 4) is 17.3 Å². The fourth-order valence-electron chi connectivity index (χ4n) is 4.31. The normalized spacial score (nSPS) is 15.2. The number of aliphatic hydroxyl groups excluding tert-OH is 1. The van der Waals surface area contributed by atoms with Gasteiger partial charge in [-0.15, -0.1) is 11.3 Å². The van der Waals surface area contributed by atoms with Crippen LogP contribution in [0.25, 0.3) is 27.8 Å². The van der Waals surface area contributed by atoms with Crippen LogP contribution in [-0.4, -0.2) is 16.7 Å². The van der Waals surface area contributed by atoms with Gasteiger partial charge in [-0.25, -0.2) is 9.78 Å². The SMILES string of the molecule is CCCO.N#CC(=C1CCC(c2ccccc2)CC1)c1nc(-c2cc3ccccc3oc2=O)cs1. The summed E-state index contributed by atoms with van der Waals surface area (Å²) < 4.78 is 5.45. The van der Waals surface area contributed by atoms with Gasteiger partial charge in [-0.05, 0) is 61.3 Å². The van der Waals surface area contributed by atoms with Gasteiger partial charge >= 0.3 is 5.63 Å². The number of rotatable bonds is 4. The van der Waals surface area contributed by atoms with Gasteiger partial charge in [0.05, 0.1) is 16.8 Å². The average molecular weight is 485 g/mol. The predicted molar refractivity (Wildman–Crippen MR) is 141 cm³/mol. The van der Waals surface area contributed by atoms with Crippen molar-refractivity contribution in [2.45, 2.75) is 44.9 Å². The summed E-state index contributed by atoms with van der Waals surface area (Å²) in [6.45, 7) is 2.25. The first-order valence-corrected chi connectivity index (χ1v) is 12.8. The molecular weight excluding hydrogens is 456 g/mol. The van der Waals surface area contributed by atoms with Crippen molar-refractivity contribution in [2.75, 3.05) is 6.61 Å². The molecular formula is C29H28N2O3S. The first kappa shape index (κ1) is 24.6. The number of nitriles is 1. The molecule has 2 heterocycles. The van der Waals surface area contributed by atoms with Crippen molar-refractivity contribution in [1.82, 2.24) is 4.98 Å². The van der Waals surface area contributed by atoms with Gasteiger partial charge in [-0.3, -0.25) is 0 Å². The number of nitrogens with zero attached hydrogens (tertiary/aromatic N) is 2. The lowest BCUT2D eigenvalue weighted by molar-refractivity contribution is 0.295. The molecule has 6 heteroatoms. The third-order valence-corrected chi connectivity index (χ3v) is 7.04. The Morgan fingerprint density at radius 1 is 1.14 bits per heavy atom. The van der Waals surface area contributed by atoms with Gasteiger partial charge in [0.1, 0.15) is 16.7 Å². The van der Waals surface area contributed by atoms with E-state index in [1.165, 1.54) is 22.5 Å². The van der Waals surface area contributed by atoms with E-state index in [1.807, 2.05) is 42.6 Å². The first-order valence-electron chi connectivity index (χ1n) is 11.9. The van der Waals surface area contributed by atoms with E-state index in [9.17, 15) is 10.1 Å². The van der Waals surface area contributed by atoms with E-state index >= 15 is 0 Å². The van der Waals surface area contributed by atoms with Crippen LogP contribution >= 0.6 is 11.3 Å². The van der Waals surface area contributed by atoms with Crippen LogP contribution in [0, 0.1) is 11.3 Å². The molecule has 1 aliphatic rings. The summed E-state index contributed by atoms with van der Waals surface area (Å²) in [5.41, 5.74) is 4.34. The number of aromatic nitrogens is 1. The van der Waals surface area contributed by atoms with Gasteiger partial charge in [-0.2, -0.15) is 5.26 Å². The van der Waals surface area contributed by atoms with Crippen molar-refractivity contribution in [2.24, 2.45) is 0 Å². The third-order valence-electron chi connectivity index (χ3n) is 6.18. The molecule has 0 atom stereocenters. The average Bonchev–Trinajstić information content (AvgIpc) is 3.39. The highest BCUT2D eigenvalue weighted by molar-refractivity contribution is 7.11. The van der Waals surface area contributed by atoms with Crippen molar-refractivity contribution < 1.29 is 9.52 Å². The summed E-state index contributed by atoms with van der Waals surface area (Å²) >= 11 is 1.41. The Kier molecular flexibility index (Phi) is 8.25. The Balaban J connectivity index is 0.000000672. The predicted octanol–water partition coefficient (Wildman–Crippen LogP) is 6.94. The van der Waals surface area contributed by atoms with Crippen molar-refractivity contribution in [1.29, 1.82) is 5.26 Å². The molecule has 2 aromatic heterocycles. The molecule has 1 aliphatic carbocycles. The number of hydrogen-bond acceptors (Lipinski definition) is 6. The largest absolute Gasteiger partial charge is 0.422 e. The maximum absolute atomic E-state index is 12.5. The minimum absolute atomic E-state index is 0.319. The molecule has 5 nitrogen and oxygen atoms in total. The molecule has 0 aliphatic heterocycles. The molecule has 5 rings (SSSR count). The summed E-state index contributed by atoms with van der Waals surface area (Å²) in [6, 6.07) is 22.2. The van der Waals surface area contributed by atoms with E-state index in [-0.39, 0.29) is 0 Å². The molecule has 178 valence electrons. The molecule has 4 aromatic rings. The van der Waals surface area contributed by atoms with E-state index in [0.29, 0.717) is 39.9 Å². The van der Waals surface area contributed by atoms with Gasteiger partial charge < -0.3 is 9.52 Å². The number of para-hydroxylation sites is 1. The molecule has 1 saturated carbocycles. The van der Waals surface area contributed by atoms with Crippen LogP contribution in [0.5, 0.6) is 0 Å². The van der Waals surface area contributed by atoms with E-state index < -0.39 is 5.63 Å². The minimum Gasteiger partial charge on any atom is -0.422 e. The molecule has 2 aromatic carbocycles. The Bertz CT molecular complexity index is 1400. The Hall–Kier alpha value is -3.53. The maximum Gasteiger partial charge on any atom is 0.345 e. The zero-order valence-corrected chi connectivity index (χ0v) is 20.6. The Morgan fingerprint density at radius 3 is 2.51 bits per heavy atom. The second-order valence-corrected chi connectivity index (χ2v) is 9.38. The number of benzene rings is 2. The Labute approximate surface area is 209 Å². The summed E-state index contributed by atoms with van der Waals surface area (Å²) in [5, 5.41) is 21.1. The molecule has 35 heavy (non-hydrogen) atoms. The zero-order chi connectivity index (χ0) is 24.6. The molecule has 1 fully saturated rings. The Morgan fingerprint density at radius 2 is 1.83 bits per heavy atom. The van der Waals surface area contributed by atoms with Crippen LogP contribution < -0.4 is 5.63 Å². The number of thiazole rings is 1. The lowest BCUT2D eigenvalue weighted by Gasteiger charge is -2.24. The fourth-order valence-corrected chi connectivity index (χ4v) is 5.17. The van der Waals surface area contributed by atoms with Crippen LogP contribution in [0.1, 0.15) is 55.5 Å². The molecule has 0 unspecified atom stereocenters. The second-order valence-electron chi connectivity index (χ2n) is 8.52. The highest BCUT2D eigenvalue weighted by Crippen LogP contribution is 2.39. The highest BCUT2D eigenvalue weighted by atomic mass is 32.1. The van der Waals surface area contributed by atoms with E-state index in [2.05, 4.69) is 35.3 Å². The zero-order valence-electron chi connectivity index (χ0n) is 19.7. The summed E-state index contributed by atoms with van der Waals surface area (Å²) in [5.74, 6) is 0.541. The van der Waals surface area contributed by atoms with Crippen LogP contribution in [0.15, 0.2) is 80.8 Å². The number of hydrogen-bond donors (Lipinski definition) is 1. The van der Waals surface area contributed by atoms with Crippen LogP contribution in [0.3, 0.4) is 0 Å². The van der Waals surface area contributed by atoms with Crippen LogP contribution in [0.2, 0.25) is 0 Å². The smallest absolute Gasteiger partial charge is 0.345 e. The van der Waals surface area contributed by atoms with Gasteiger partial charge in [0.15, 0.2) is 0 Å². The number of aliphatic hydroxyl groups is 1. The minimum atomic E-state index is -0.412. The number of allylic oxidation sites excluding steroid dienone is 2. The monoisotopic (exact) mass is 484 g/mol. The molecule has 0 amide bonds. The molecule has 1 N–H and O–H groups in total. The lowest BCUT2D eigenvalue weighted by Crippen LogP contribution is -2.08. The maximum atomic E-state index is 12.5. The van der Waals surface area contributed by atoms with Crippen molar-refractivity contribution >= 4 is 27.9 Å². The van der Waals surface area contributed by atoms with E-state index in [4.69, 9.17) is 9.52 Å². The second kappa shape index (κ2) is 11.7. The fraction of sp³-hybridized carbons (Fsp3) is 0.276. The van der Waals surface area contributed by atoms with Crippen LogP contribution in [0.4, 0.5) is 0 Å². The molecule has 0 radical (unpaired) electrons. The number of fused-ring (bicyclic) bond motifs is 1. The first-order chi connectivity index (χ1) is 17.1. The summed E-state index contributed by atoms with van der Waals surface area (Å²) in [6.07, 6.45) is 4.75. The van der Waals surface area contributed by atoms with Gasteiger partial charge in [0.25, 0.3) is 0 Å². The molecule has 0 bridgehead atoms. The van der Waals surface area contributed by atoms with Crippen LogP contribution in [-0.2, 0) is 0 Å². The lowest BCUT2D eigenvalue weighted by atomic mass is 9.80. The summed E-state index contributed by atoms with van der Waals surface area (Å²) in [4.78, 5) is 17.1. The van der Waals surface area contributed by atoms with E-state index in [1.54, 1.807) is 6.07 Å². The topological polar surface area (TPSA) is 87.1 Å².